The molecule has 7 heteroatoms. The van der Waals surface area contributed by atoms with Crippen molar-refractivity contribution in [3.63, 3.8) is 0 Å². The van der Waals surface area contributed by atoms with Gasteiger partial charge in [-0.25, -0.2) is 4.39 Å². The zero-order valence-electron chi connectivity index (χ0n) is 9.65. The van der Waals surface area contributed by atoms with Gasteiger partial charge in [-0.2, -0.15) is 0 Å². The van der Waals surface area contributed by atoms with Gasteiger partial charge in [-0.05, 0) is 29.3 Å². The molecule has 0 aliphatic heterocycles. The van der Waals surface area contributed by atoms with Crippen LogP contribution in [-0.4, -0.2) is 5.11 Å². The van der Waals surface area contributed by atoms with Crippen molar-refractivity contribution in [3.8, 4) is 11.1 Å². The molecular weight excluding hydrogens is 368 g/mol. The van der Waals surface area contributed by atoms with Crippen molar-refractivity contribution < 1.29 is 9.50 Å². The third-order valence-electron chi connectivity index (χ3n) is 2.64. The Morgan fingerprint density at radius 1 is 0.800 bits per heavy atom. The van der Waals surface area contributed by atoms with E-state index in [0.717, 1.165) is 0 Å². The molecule has 0 fully saturated rings. The van der Waals surface area contributed by atoms with E-state index in [4.69, 9.17) is 63.1 Å². The Morgan fingerprint density at radius 2 is 1.30 bits per heavy atom. The molecular formula is C13H6Cl5FO. The molecule has 2 aromatic carbocycles. The average Bonchev–Trinajstić information content (AvgIpc) is 2.42. The molecule has 0 spiro atoms. The predicted molar refractivity (Wildman–Crippen MR) is 82.8 cm³/mol. The molecule has 2 aromatic rings. The van der Waals surface area contributed by atoms with E-state index in [-0.39, 0.29) is 37.3 Å². The lowest BCUT2D eigenvalue weighted by Crippen LogP contribution is -1.91. The number of halogens is 6. The molecule has 0 saturated carbocycles. The fourth-order valence-corrected chi connectivity index (χ4v) is 3.10. The third-order valence-corrected chi connectivity index (χ3v) is 4.92. The minimum atomic E-state index is -0.541. The predicted octanol–water partition coefficient (Wildman–Crippen LogP) is 6.25. The Balaban J connectivity index is 2.79. The highest BCUT2D eigenvalue weighted by molar-refractivity contribution is 6.56. The summed E-state index contributed by atoms with van der Waals surface area (Å²) >= 11 is 30.1. The van der Waals surface area contributed by atoms with Gasteiger partial charge in [-0.1, -0.05) is 58.0 Å². The molecule has 0 atom stereocenters. The Morgan fingerprint density at radius 3 is 1.80 bits per heavy atom. The molecule has 106 valence electrons. The molecule has 0 aromatic heterocycles. The highest BCUT2D eigenvalue weighted by Gasteiger charge is 2.21. The smallest absolute Gasteiger partial charge is 0.124 e. The van der Waals surface area contributed by atoms with Gasteiger partial charge in [0.05, 0.1) is 31.7 Å². The fourth-order valence-electron chi connectivity index (χ4n) is 1.74. The number of rotatable bonds is 2. The standard InChI is InChI=1S/C13H6Cl5FO/c14-9-8(10(15)12(17)13(18)11(9)16)6-1-5(4-20)2-7(19)3-6/h1-3,20H,4H2. The first-order valence-electron chi connectivity index (χ1n) is 5.29. The van der Waals surface area contributed by atoms with E-state index in [1.807, 2.05) is 0 Å². The van der Waals surface area contributed by atoms with Crippen LogP contribution in [0.25, 0.3) is 11.1 Å². The first-order valence-corrected chi connectivity index (χ1v) is 7.18. The highest BCUT2D eigenvalue weighted by Crippen LogP contribution is 2.48. The van der Waals surface area contributed by atoms with Crippen LogP contribution in [0.2, 0.25) is 25.1 Å². The summed E-state index contributed by atoms with van der Waals surface area (Å²) in [5.41, 5.74) is 0.987. The van der Waals surface area contributed by atoms with Crippen LogP contribution in [0.15, 0.2) is 18.2 Å². The quantitative estimate of drug-likeness (QED) is 0.486. The Kier molecular flexibility index (Phi) is 5.06. The molecule has 20 heavy (non-hydrogen) atoms. The number of aliphatic hydroxyl groups excluding tert-OH is 1. The van der Waals surface area contributed by atoms with Gasteiger partial charge in [-0.3, -0.25) is 0 Å². The average molecular weight is 374 g/mol. The van der Waals surface area contributed by atoms with Gasteiger partial charge in [0.1, 0.15) is 5.82 Å². The van der Waals surface area contributed by atoms with Gasteiger partial charge in [0.2, 0.25) is 0 Å². The summed E-state index contributed by atoms with van der Waals surface area (Å²) in [5.74, 6) is -0.541. The monoisotopic (exact) mass is 372 g/mol. The van der Waals surface area contributed by atoms with E-state index in [2.05, 4.69) is 0 Å². The van der Waals surface area contributed by atoms with Gasteiger partial charge >= 0.3 is 0 Å². The topological polar surface area (TPSA) is 20.2 Å². The largest absolute Gasteiger partial charge is 0.392 e. The molecule has 0 saturated heterocycles. The van der Waals surface area contributed by atoms with Gasteiger partial charge in [0.25, 0.3) is 0 Å². The summed E-state index contributed by atoms with van der Waals surface area (Å²) in [6.45, 7) is -0.324. The van der Waals surface area contributed by atoms with E-state index in [0.29, 0.717) is 11.1 Å². The molecule has 0 unspecified atom stereocenters. The van der Waals surface area contributed by atoms with Crippen molar-refractivity contribution in [1.82, 2.24) is 0 Å². The Hall–Kier alpha value is -0.220. The summed E-state index contributed by atoms with van der Waals surface area (Å²) in [6, 6.07) is 3.95. The molecule has 2 rings (SSSR count). The second-order valence-electron chi connectivity index (χ2n) is 3.95. The fraction of sp³-hybridized carbons (Fsp3) is 0.0769. The van der Waals surface area contributed by atoms with Crippen LogP contribution in [0.1, 0.15) is 5.56 Å². The maximum absolute atomic E-state index is 13.6. The van der Waals surface area contributed by atoms with Gasteiger partial charge < -0.3 is 5.11 Å². The summed E-state index contributed by atoms with van der Waals surface area (Å²) in [6.07, 6.45) is 0. The molecule has 0 heterocycles. The van der Waals surface area contributed by atoms with Crippen molar-refractivity contribution in [2.24, 2.45) is 0 Å². The second kappa shape index (κ2) is 6.27. The minimum Gasteiger partial charge on any atom is -0.392 e. The lowest BCUT2D eigenvalue weighted by atomic mass is 10.0. The molecule has 1 nitrogen and oxygen atoms in total. The van der Waals surface area contributed by atoms with Crippen molar-refractivity contribution >= 4 is 58.0 Å². The van der Waals surface area contributed by atoms with Crippen molar-refractivity contribution in [1.29, 1.82) is 0 Å². The molecule has 0 amide bonds. The van der Waals surface area contributed by atoms with Crippen molar-refractivity contribution in [3.05, 3.63) is 54.7 Å². The molecule has 1 N–H and O–H groups in total. The second-order valence-corrected chi connectivity index (χ2v) is 5.84. The molecule has 0 radical (unpaired) electrons. The molecule has 0 bridgehead atoms. The summed E-state index contributed by atoms with van der Waals surface area (Å²) in [7, 11) is 0. The SMILES string of the molecule is OCc1cc(F)cc(-c2c(Cl)c(Cl)c(Cl)c(Cl)c2Cl)c1. The van der Waals surface area contributed by atoms with Crippen LogP contribution in [0.5, 0.6) is 0 Å². The minimum absolute atomic E-state index is 0.0332. The lowest BCUT2D eigenvalue weighted by Gasteiger charge is -2.13. The number of benzene rings is 2. The van der Waals surface area contributed by atoms with E-state index >= 15 is 0 Å². The number of hydrogen-bond donors (Lipinski definition) is 1. The van der Waals surface area contributed by atoms with Crippen LogP contribution in [0, 0.1) is 5.82 Å². The zero-order valence-corrected chi connectivity index (χ0v) is 13.4. The van der Waals surface area contributed by atoms with Crippen LogP contribution in [0.4, 0.5) is 4.39 Å². The van der Waals surface area contributed by atoms with Crippen molar-refractivity contribution in [2.45, 2.75) is 6.61 Å². The first-order chi connectivity index (χ1) is 9.36. The van der Waals surface area contributed by atoms with Gasteiger partial charge in [0, 0.05) is 5.56 Å². The number of hydrogen-bond acceptors (Lipinski definition) is 1. The van der Waals surface area contributed by atoms with Crippen LogP contribution < -0.4 is 0 Å². The van der Waals surface area contributed by atoms with Crippen molar-refractivity contribution in [2.75, 3.05) is 0 Å². The van der Waals surface area contributed by atoms with Crippen LogP contribution in [-0.2, 0) is 6.61 Å². The van der Waals surface area contributed by atoms with Gasteiger partial charge in [-0.15, -0.1) is 0 Å². The third kappa shape index (κ3) is 2.87. The van der Waals surface area contributed by atoms with E-state index in [1.165, 1.54) is 18.2 Å². The highest BCUT2D eigenvalue weighted by atomic mass is 35.5. The first kappa shape index (κ1) is 16.2. The molecule has 0 aliphatic carbocycles. The molecule has 0 aliphatic rings. The van der Waals surface area contributed by atoms with E-state index < -0.39 is 5.82 Å². The normalized spacial score (nSPS) is 10.9. The van der Waals surface area contributed by atoms with Gasteiger partial charge in [0.15, 0.2) is 0 Å². The maximum Gasteiger partial charge on any atom is 0.124 e. The lowest BCUT2D eigenvalue weighted by molar-refractivity contribution is 0.281. The van der Waals surface area contributed by atoms with Crippen LogP contribution in [0.3, 0.4) is 0 Å². The van der Waals surface area contributed by atoms with E-state index in [9.17, 15) is 4.39 Å². The Bertz CT molecular complexity index is 658. The number of aliphatic hydroxyl groups is 1. The Labute approximate surface area is 139 Å². The zero-order chi connectivity index (χ0) is 15.0. The summed E-state index contributed by atoms with van der Waals surface area (Å²) in [4.78, 5) is 0. The summed E-state index contributed by atoms with van der Waals surface area (Å²) in [5, 5.41) is 9.36. The summed E-state index contributed by atoms with van der Waals surface area (Å²) < 4.78 is 13.6. The van der Waals surface area contributed by atoms with Crippen LogP contribution >= 0.6 is 58.0 Å². The van der Waals surface area contributed by atoms with E-state index in [1.54, 1.807) is 0 Å². The maximum atomic E-state index is 13.6.